The van der Waals surface area contributed by atoms with E-state index in [0.717, 1.165) is 83.5 Å². The van der Waals surface area contributed by atoms with Crippen LogP contribution in [0.15, 0.2) is 48.6 Å². The topological polar surface area (TPSA) is 95.9 Å². The molecule has 0 radical (unpaired) electrons. The third kappa shape index (κ3) is 47.1. The third-order valence-corrected chi connectivity index (χ3v) is 11.8. The van der Waals surface area contributed by atoms with Gasteiger partial charge in [0.15, 0.2) is 0 Å². The molecule has 0 spiro atoms. The lowest BCUT2D eigenvalue weighted by Crippen LogP contribution is -2.45. The number of unbranched alkanes of at least 4 members (excludes halogenated alkanes) is 31. The molecule has 0 bridgehead atoms. The van der Waals surface area contributed by atoms with E-state index < -0.39 is 12.1 Å². The Bertz CT molecular complexity index is 1040. The molecule has 61 heavy (non-hydrogen) atoms. The number of aliphatic hydroxyl groups is 2. The number of amides is 1. The van der Waals surface area contributed by atoms with Crippen LogP contribution in [0.25, 0.3) is 0 Å². The fourth-order valence-corrected chi connectivity index (χ4v) is 7.70. The van der Waals surface area contributed by atoms with Crippen LogP contribution in [0.3, 0.4) is 0 Å². The van der Waals surface area contributed by atoms with Crippen molar-refractivity contribution in [1.29, 1.82) is 0 Å². The van der Waals surface area contributed by atoms with Gasteiger partial charge in [-0.2, -0.15) is 0 Å². The predicted molar refractivity (Wildman–Crippen MR) is 264 cm³/mol. The summed E-state index contributed by atoms with van der Waals surface area (Å²) in [4.78, 5) is 24.4. The van der Waals surface area contributed by atoms with Crippen molar-refractivity contribution < 1.29 is 24.5 Å². The maximum absolute atomic E-state index is 12.4. The molecule has 0 aromatic carbocycles. The largest absolute Gasteiger partial charge is 0.466 e. The summed E-state index contributed by atoms with van der Waals surface area (Å²) in [6.07, 6.45) is 62.5. The standard InChI is InChI=1S/C55H101NO5/c1-3-5-7-9-11-13-15-17-20-23-27-31-35-39-43-47-53(58)52(51-57)56-54(59)48-44-40-36-32-28-24-21-19-22-26-30-34-38-42-46-50-61-55(60)49-45-41-37-33-29-25-18-16-14-12-10-8-6-4-2/h10,12,16,18,22,26,43,47,52-53,57-58H,3-9,11,13-15,17,19-21,23-25,27-42,44-46,48-51H2,1-2H3,(H,56,59)/b12-10-,18-16-,26-22-,47-43+. The molecule has 356 valence electrons. The maximum atomic E-state index is 12.4. The lowest BCUT2D eigenvalue weighted by molar-refractivity contribution is -0.143. The van der Waals surface area contributed by atoms with Crippen LogP contribution in [0.5, 0.6) is 0 Å². The Morgan fingerprint density at radius 2 is 0.836 bits per heavy atom. The van der Waals surface area contributed by atoms with Crippen LogP contribution in [-0.4, -0.2) is 47.4 Å². The van der Waals surface area contributed by atoms with Crippen LogP contribution in [0, 0.1) is 0 Å². The molecule has 0 heterocycles. The van der Waals surface area contributed by atoms with Crippen molar-refractivity contribution in [2.75, 3.05) is 13.2 Å². The smallest absolute Gasteiger partial charge is 0.305 e. The lowest BCUT2D eigenvalue weighted by atomic mass is 10.0. The molecule has 2 unspecified atom stereocenters. The van der Waals surface area contributed by atoms with Gasteiger partial charge in [-0.3, -0.25) is 9.59 Å². The molecule has 0 aliphatic carbocycles. The van der Waals surface area contributed by atoms with E-state index >= 15 is 0 Å². The van der Waals surface area contributed by atoms with Crippen LogP contribution in [0.1, 0.15) is 264 Å². The van der Waals surface area contributed by atoms with Gasteiger partial charge in [0.1, 0.15) is 0 Å². The highest BCUT2D eigenvalue weighted by molar-refractivity contribution is 5.76. The van der Waals surface area contributed by atoms with E-state index in [0.29, 0.717) is 19.4 Å². The fraction of sp³-hybridized carbons (Fsp3) is 0.818. The van der Waals surface area contributed by atoms with E-state index in [1.807, 2.05) is 6.08 Å². The van der Waals surface area contributed by atoms with Crippen molar-refractivity contribution in [3.8, 4) is 0 Å². The highest BCUT2D eigenvalue weighted by Gasteiger charge is 2.18. The van der Waals surface area contributed by atoms with Crippen molar-refractivity contribution >= 4 is 11.9 Å². The number of carbonyl (C=O) groups is 2. The lowest BCUT2D eigenvalue weighted by Gasteiger charge is -2.20. The van der Waals surface area contributed by atoms with Crippen LogP contribution in [-0.2, 0) is 14.3 Å². The number of aliphatic hydroxyl groups excluding tert-OH is 2. The number of rotatable bonds is 48. The Balaban J connectivity index is 3.53. The summed E-state index contributed by atoms with van der Waals surface area (Å²) in [5.41, 5.74) is 0. The molecule has 0 aliphatic heterocycles. The van der Waals surface area contributed by atoms with Gasteiger partial charge >= 0.3 is 5.97 Å². The Kier molecular flexibility index (Phi) is 48.7. The monoisotopic (exact) mass is 856 g/mol. The number of hydrogen-bond acceptors (Lipinski definition) is 5. The summed E-state index contributed by atoms with van der Waals surface area (Å²) >= 11 is 0. The Morgan fingerprint density at radius 3 is 1.31 bits per heavy atom. The van der Waals surface area contributed by atoms with Gasteiger partial charge in [-0.25, -0.2) is 0 Å². The van der Waals surface area contributed by atoms with E-state index in [1.54, 1.807) is 6.08 Å². The molecule has 0 aromatic rings. The number of carbonyl (C=O) groups excluding carboxylic acids is 2. The highest BCUT2D eigenvalue weighted by atomic mass is 16.5. The van der Waals surface area contributed by atoms with Crippen molar-refractivity contribution in [2.45, 2.75) is 276 Å². The molecular formula is C55H101NO5. The molecular weight excluding hydrogens is 755 g/mol. The molecule has 3 N–H and O–H groups in total. The van der Waals surface area contributed by atoms with Gasteiger partial charge in [0.05, 0.1) is 25.4 Å². The number of ether oxygens (including phenoxy) is 1. The van der Waals surface area contributed by atoms with Crippen molar-refractivity contribution in [3.05, 3.63) is 48.6 Å². The molecule has 0 saturated carbocycles. The van der Waals surface area contributed by atoms with Crippen LogP contribution >= 0.6 is 0 Å². The summed E-state index contributed by atoms with van der Waals surface area (Å²) in [7, 11) is 0. The predicted octanol–water partition coefficient (Wildman–Crippen LogP) is 15.8. The van der Waals surface area contributed by atoms with Gasteiger partial charge < -0.3 is 20.3 Å². The van der Waals surface area contributed by atoms with Gasteiger partial charge in [0.2, 0.25) is 5.91 Å². The number of esters is 1. The second-order valence-corrected chi connectivity index (χ2v) is 17.8. The van der Waals surface area contributed by atoms with Crippen LogP contribution in [0.2, 0.25) is 0 Å². The van der Waals surface area contributed by atoms with Crippen molar-refractivity contribution in [1.82, 2.24) is 5.32 Å². The minimum atomic E-state index is -0.855. The average Bonchev–Trinajstić information content (AvgIpc) is 3.26. The summed E-state index contributed by atoms with van der Waals surface area (Å²) in [6, 6.07) is -0.640. The van der Waals surface area contributed by atoms with Crippen molar-refractivity contribution in [3.63, 3.8) is 0 Å². The maximum Gasteiger partial charge on any atom is 0.305 e. The Morgan fingerprint density at radius 1 is 0.459 bits per heavy atom. The minimum Gasteiger partial charge on any atom is -0.466 e. The summed E-state index contributed by atoms with van der Waals surface area (Å²) in [5.74, 6) is -0.111. The van der Waals surface area contributed by atoms with E-state index in [9.17, 15) is 19.8 Å². The van der Waals surface area contributed by atoms with Gasteiger partial charge in [-0.1, -0.05) is 217 Å². The molecule has 0 saturated heterocycles. The molecule has 6 heteroatoms. The normalized spacial score (nSPS) is 13.0. The van der Waals surface area contributed by atoms with Crippen LogP contribution < -0.4 is 5.32 Å². The van der Waals surface area contributed by atoms with Crippen LogP contribution in [0.4, 0.5) is 0 Å². The first kappa shape index (κ1) is 58.8. The second kappa shape index (κ2) is 50.5. The highest BCUT2D eigenvalue weighted by Crippen LogP contribution is 2.15. The van der Waals surface area contributed by atoms with Gasteiger partial charge in [0.25, 0.3) is 0 Å². The van der Waals surface area contributed by atoms with Crippen molar-refractivity contribution in [2.24, 2.45) is 0 Å². The fourth-order valence-electron chi connectivity index (χ4n) is 7.70. The zero-order chi connectivity index (χ0) is 44.4. The van der Waals surface area contributed by atoms with Gasteiger partial charge in [-0.15, -0.1) is 0 Å². The summed E-state index contributed by atoms with van der Waals surface area (Å²) in [6.45, 7) is 4.81. The first-order valence-electron chi connectivity index (χ1n) is 26.4. The van der Waals surface area contributed by atoms with Gasteiger partial charge in [0, 0.05) is 12.8 Å². The Labute approximate surface area is 378 Å². The number of allylic oxidation sites excluding steroid dienone is 7. The molecule has 6 nitrogen and oxygen atoms in total. The van der Waals surface area contributed by atoms with Gasteiger partial charge in [-0.05, 0) is 83.5 Å². The quantitative estimate of drug-likeness (QED) is 0.0322. The van der Waals surface area contributed by atoms with E-state index in [2.05, 4.69) is 55.6 Å². The molecule has 0 fully saturated rings. The second-order valence-electron chi connectivity index (χ2n) is 17.8. The Hall–Kier alpha value is -2.18. The zero-order valence-corrected chi connectivity index (χ0v) is 40.4. The first-order valence-corrected chi connectivity index (χ1v) is 26.4. The third-order valence-electron chi connectivity index (χ3n) is 11.8. The SMILES string of the molecule is CCCC/C=C\C/C=C\CCCCCCCC(=O)OCCCCCC/C=C\CCCCCCCCCC(=O)NC(CO)C(O)/C=C/CCCCCCCCCCCCCCC. The molecule has 0 aliphatic rings. The number of nitrogens with one attached hydrogen (secondary N) is 1. The van der Waals surface area contributed by atoms with E-state index in [1.165, 1.54) is 154 Å². The molecule has 0 aromatic heterocycles. The molecule has 0 rings (SSSR count). The molecule has 2 atom stereocenters. The van der Waals surface area contributed by atoms with E-state index in [4.69, 9.17) is 4.74 Å². The first-order chi connectivity index (χ1) is 30.0. The average molecular weight is 856 g/mol. The zero-order valence-electron chi connectivity index (χ0n) is 40.4. The molecule has 1 amide bonds. The minimum absolute atomic E-state index is 0.0267. The number of hydrogen-bond donors (Lipinski definition) is 3. The summed E-state index contributed by atoms with van der Waals surface area (Å²) in [5, 5.41) is 23.1. The van der Waals surface area contributed by atoms with E-state index in [-0.39, 0.29) is 18.5 Å². The summed E-state index contributed by atoms with van der Waals surface area (Å²) < 4.78 is 5.44.